The summed E-state index contributed by atoms with van der Waals surface area (Å²) in [5.74, 6) is -0.217. The number of carbonyl (C=O) groups is 1. The fraction of sp³-hybridized carbons (Fsp3) is 0.133. The Bertz CT molecular complexity index is 820. The largest absolute Gasteiger partial charge is 0.350 e. The predicted octanol–water partition coefficient (Wildman–Crippen LogP) is 1.04. The van der Waals surface area contributed by atoms with Crippen molar-refractivity contribution in [3.63, 3.8) is 0 Å². The summed E-state index contributed by atoms with van der Waals surface area (Å²) in [5.41, 5.74) is 2.08. The van der Waals surface area contributed by atoms with Gasteiger partial charge in [0.1, 0.15) is 6.54 Å². The van der Waals surface area contributed by atoms with E-state index in [0.29, 0.717) is 6.54 Å². The SMILES string of the molecule is O=C(Cn1c(=O)[nH]c2ccccc21)NCc1cccnc1. The van der Waals surface area contributed by atoms with Crippen LogP contribution in [0.2, 0.25) is 0 Å². The Labute approximate surface area is 120 Å². The molecule has 0 spiro atoms. The zero-order chi connectivity index (χ0) is 14.7. The standard InChI is InChI=1S/C15H14N4O2/c20-14(17-9-11-4-3-7-16-8-11)10-19-13-6-2-1-5-12(13)18-15(19)21/h1-8H,9-10H2,(H,17,20)(H,18,21). The van der Waals surface area contributed by atoms with Crippen molar-refractivity contribution in [3.8, 4) is 0 Å². The molecule has 21 heavy (non-hydrogen) atoms. The summed E-state index contributed by atoms with van der Waals surface area (Å²) in [6, 6.07) is 11.0. The zero-order valence-electron chi connectivity index (χ0n) is 11.2. The van der Waals surface area contributed by atoms with E-state index in [1.54, 1.807) is 18.5 Å². The molecule has 0 radical (unpaired) electrons. The number of hydrogen-bond donors (Lipinski definition) is 2. The molecule has 0 fully saturated rings. The van der Waals surface area contributed by atoms with Crippen LogP contribution in [-0.4, -0.2) is 20.4 Å². The lowest BCUT2D eigenvalue weighted by atomic mass is 10.3. The number of hydrogen-bond acceptors (Lipinski definition) is 3. The molecule has 106 valence electrons. The third-order valence-electron chi connectivity index (χ3n) is 3.20. The Hall–Kier alpha value is -2.89. The molecule has 1 amide bonds. The third kappa shape index (κ3) is 2.84. The number of carbonyl (C=O) groups excluding carboxylic acids is 1. The Morgan fingerprint density at radius 1 is 1.24 bits per heavy atom. The first kappa shape index (κ1) is 13.1. The summed E-state index contributed by atoms with van der Waals surface area (Å²) in [7, 11) is 0. The van der Waals surface area contributed by atoms with Gasteiger partial charge in [0, 0.05) is 18.9 Å². The second-order valence-corrected chi connectivity index (χ2v) is 4.67. The number of amides is 1. The molecule has 2 aromatic heterocycles. The number of benzene rings is 1. The molecule has 3 aromatic rings. The Kier molecular flexibility index (Phi) is 3.51. The Balaban J connectivity index is 1.72. The van der Waals surface area contributed by atoms with E-state index in [-0.39, 0.29) is 18.1 Å². The molecule has 2 heterocycles. The van der Waals surface area contributed by atoms with Gasteiger partial charge in [-0.1, -0.05) is 18.2 Å². The number of nitrogens with zero attached hydrogens (tertiary/aromatic N) is 2. The first-order chi connectivity index (χ1) is 10.2. The number of nitrogens with one attached hydrogen (secondary N) is 2. The first-order valence-electron chi connectivity index (χ1n) is 6.57. The van der Waals surface area contributed by atoms with Crippen molar-refractivity contribution >= 4 is 16.9 Å². The summed E-state index contributed by atoms with van der Waals surface area (Å²) in [5, 5.41) is 2.78. The topological polar surface area (TPSA) is 79.8 Å². The fourth-order valence-electron chi connectivity index (χ4n) is 2.17. The number of para-hydroxylation sites is 2. The number of pyridine rings is 1. The van der Waals surface area contributed by atoms with Crippen LogP contribution in [0, 0.1) is 0 Å². The number of H-pyrrole nitrogens is 1. The summed E-state index contributed by atoms with van der Waals surface area (Å²) >= 11 is 0. The molecule has 0 aliphatic carbocycles. The normalized spacial score (nSPS) is 10.7. The van der Waals surface area contributed by atoms with E-state index in [2.05, 4.69) is 15.3 Å². The van der Waals surface area contributed by atoms with Crippen molar-refractivity contribution in [1.82, 2.24) is 19.9 Å². The number of imidazole rings is 1. The number of rotatable bonds is 4. The highest BCUT2D eigenvalue weighted by atomic mass is 16.2. The summed E-state index contributed by atoms with van der Waals surface area (Å²) in [4.78, 5) is 30.5. The highest BCUT2D eigenvalue weighted by Crippen LogP contribution is 2.08. The van der Waals surface area contributed by atoms with E-state index in [0.717, 1.165) is 16.6 Å². The molecule has 6 nitrogen and oxygen atoms in total. The van der Waals surface area contributed by atoms with E-state index >= 15 is 0 Å². The predicted molar refractivity (Wildman–Crippen MR) is 78.6 cm³/mol. The minimum absolute atomic E-state index is 0.0108. The maximum atomic E-state index is 12.0. The quantitative estimate of drug-likeness (QED) is 0.750. The second-order valence-electron chi connectivity index (χ2n) is 4.67. The highest BCUT2D eigenvalue weighted by molar-refractivity contribution is 5.80. The van der Waals surface area contributed by atoms with E-state index < -0.39 is 0 Å². The number of fused-ring (bicyclic) bond motifs is 1. The third-order valence-corrected chi connectivity index (χ3v) is 3.20. The van der Waals surface area contributed by atoms with E-state index in [4.69, 9.17) is 0 Å². The molecule has 0 saturated heterocycles. The molecule has 2 N–H and O–H groups in total. The lowest BCUT2D eigenvalue weighted by Crippen LogP contribution is -2.31. The van der Waals surface area contributed by atoms with Crippen molar-refractivity contribution in [2.75, 3.05) is 0 Å². The van der Waals surface area contributed by atoms with E-state index in [1.807, 2.05) is 30.3 Å². The van der Waals surface area contributed by atoms with Crippen molar-refractivity contribution < 1.29 is 4.79 Å². The van der Waals surface area contributed by atoms with Gasteiger partial charge in [-0.25, -0.2) is 4.79 Å². The first-order valence-corrected chi connectivity index (χ1v) is 6.57. The van der Waals surface area contributed by atoms with Gasteiger partial charge in [-0.05, 0) is 23.8 Å². The minimum atomic E-state index is -0.285. The Morgan fingerprint density at radius 3 is 2.90 bits per heavy atom. The van der Waals surface area contributed by atoms with Crippen LogP contribution in [0.4, 0.5) is 0 Å². The van der Waals surface area contributed by atoms with Gasteiger partial charge in [-0.3, -0.25) is 14.3 Å². The molecule has 0 atom stereocenters. The minimum Gasteiger partial charge on any atom is -0.350 e. The molecule has 3 rings (SSSR count). The lowest BCUT2D eigenvalue weighted by molar-refractivity contribution is -0.121. The molecular weight excluding hydrogens is 268 g/mol. The maximum Gasteiger partial charge on any atom is 0.326 e. The van der Waals surface area contributed by atoms with Gasteiger partial charge in [-0.2, -0.15) is 0 Å². The van der Waals surface area contributed by atoms with Gasteiger partial charge in [0.15, 0.2) is 0 Å². The average Bonchev–Trinajstić information content (AvgIpc) is 2.82. The molecule has 0 saturated carbocycles. The van der Waals surface area contributed by atoms with Crippen molar-refractivity contribution in [1.29, 1.82) is 0 Å². The van der Waals surface area contributed by atoms with Gasteiger partial charge in [0.25, 0.3) is 0 Å². The molecular formula is C15H14N4O2. The van der Waals surface area contributed by atoms with Gasteiger partial charge in [-0.15, -0.1) is 0 Å². The zero-order valence-corrected chi connectivity index (χ0v) is 11.2. The average molecular weight is 282 g/mol. The second kappa shape index (κ2) is 5.62. The fourth-order valence-corrected chi connectivity index (χ4v) is 2.17. The van der Waals surface area contributed by atoms with Crippen molar-refractivity contribution in [2.24, 2.45) is 0 Å². The summed E-state index contributed by atoms with van der Waals surface area (Å²) in [6.07, 6.45) is 3.37. The molecule has 1 aromatic carbocycles. The van der Waals surface area contributed by atoms with Crippen LogP contribution in [0.3, 0.4) is 0 Å². The van der Waals surface area contributed by atoms with Crippen molar-refractivity contribution in [2.45, 2.75) is 13.1 Å². The smallest absolute Gasteiger partial charge is 0.326 e. The molecule has 0 bridgehead atoms. The van der Waals surface area contributed by atoms with Crippen molar-refractivity contribution in [3.05, 3.63) is 64.8 Å². The lowest BCUT2D eigenvalue weighted by Gasteiger charge is -2.06. The maximum absolute atomic E-state index is 12.0. The van der Waals surface area contributed by atoms with Crippen LogP contribution in [0.5, 0.6) is 0 Å². The molecule has 0 aliphatic rings. The van der Waals surface area contributed by atoms with Crippen LogP contribution in [0.25, 0.3) is 11.0 Å². The number of aromatic nitrogens is 3. The van der Waals surface area contributed by atoms with Crippen LogP contribution in [-0.2, 0) is 17.9 Å². The summed E-state index contributed by atoms with van der Waals surface area (Å²) in [6.45, 7) is 0.382. The van der Waals surface area contributed by atoms with Gasteiger partial charge in [0.05, 0.1) is 11.0 Å². The van der Waals surface area contributed by atoms with Crippen LogP contribution in [0.1, 0.15) is 5.56 Å². The van der Waals surface area contributed by atoms with Gasteiger partial charge in [0.2, 0.25) is 5.91 Å². The molecule has 6 heteroatoms. The van der Waals surface area contributed by atoms with E-state index in [9.17, 15) is 9.59 Å². The van der Waals surface area contributed by atoms with Crippen LogP contribution >= 0.6 is 0 Å². The van der Waals surface area contributed by atoms with Gasteiger partial charge >= 0.3 is 5.69 Å². The van der Waals surface area contributed by atoms with Crippen LogP contribution < -0.4 is 11.0 Å². The molecule has 0 aliphatic heterocycles. The van der Waals surface area contributed by atoms with E-state index in [1.165, 1.54) is 4.57 Å². The monoisotopic (exact) mass is 282 g/mol. The molecule has 0 unspecified atom stereocenters. The summed E-state index contributed by atoms with van der Waals surface area (Å²) < 4.78 is 1.42. The van der Waals surface area contributed by atoms with Crippen LogP contribution in [0.15, 0.2) is 53.6 Å². The highest BCUT2D eigenvalue weighted by Gasteiger charge is 2.09. The Morgan fingerprint density at radius 2 is 2.10 bits per heavy atom. The van der Waals surface area contributed by atoms with Gasteiger partial charge < -0.3 is 10.3 Å². The number of aromatic amines is 1.